The molecule has 0 aliphatic carbocycles. The molecule has 2 aromatic rings. The van der Waals surface area contributed by atoms with E-state index >= 15 is 0 Å². The molecule has 2 nitrogen and oxygen atoms in total. The molecule has 126 valence electrons. The second-order valence-electron chi connectivity index (χ2n) is 6.57. The first-order valence-corrected chi connectivity index (χ1v) is 8.71. The van der Waals surface area contributed by atoms with Crippen molar-refractivity contribution in [2.24, 2.45) is 5.92 Å². The molecule has 1 saturated heterocycles. The summed E-state index contributed by atoms with van der Waals surface area (Å²) in [6, 6.07) is 16.1. The highest BCUT2D eigenvalue weighted by Crippen LogP contribution is 2.28. The van der Waals surface area contributed by atoms with E-state index in [4.69, 9.17) is 0 Å². The van der Waals surface area contributed by atoms with Crippen LogP contribution >= 0.6 is 12.4 Å². The van der Waals surface area contributed by atoms with Crippen molar-refractivity contribution in [2.45, 2.75) is 32.7 Å². The molecule has 1 unspecified atom stereocenters. The van der Waals surface area contributed by atoms with Gasteiger partial charge in [-0.3, -0.25) is 4.90 Å². The summed E-state index contributed by atoms with van der Waals surface area (Å²) in [5.41, 5.74) is 1.45. The zero-order chi connectivity index (χ0) is 15.4. The third-order valence-corrected chi connectivity index (χ3v) is 5.14. The van der Waals surface area contributed by atoms with Crippen LogP contribution in [-0.2, 0) is 0 Å². The average molecular weight is 333 g/mol. The fourth-order valence-corrected chi connectivity index (χ4v) is 3.57. The van der Waals surface area contributed by atoms with Gasteiger partial charge in [-0.25, -0.2) is 0 Å². The van der Waals surface area contributed by atoms with E-state index in [-0.39, 0.29) is 12.4 Å². The Kier molecular flexibility index (Phi) is 6.88. The summed E-state index contributed by atoms with van der Waals surface area (Å²) in [5.74, 6) is 0.861. The quantitative estimate of drug-likeness (QED) is 0.857. The molecule has 0 spiro atoms. The van der Waals surface area contributed by atoms with Crippen molar-refractivity contribution in [3.63, 3.8) is 0 Å². The number of nitrogens with one attached hydrogen (secondary N) is 1. The van der Waals surface area contributed by atoms with Crippen molar-refractivity contribution in [2.75, 3.05) is 26.2 Å². The van der Waals surface area contributed by atoms with Crippen LogP contribution in [0.3, 0.4) is 0 Å². The molecule has 1 aliphatic heterocycles. The molecule has 0 saturated carbocycles. The van der Waals surface area contributed by atoms with Crippen LogP contribution in [0, 0.1) is 5.92 Å². The number of rotatable bonds is 5. The minimum Gasteiger partial charge on any atom is -0.317 e. The van der Waals surface area contributed by atoms with Crippen molar-refractivity contribution in [3.05, 3.63) is 48.0 Å². The Morgan fingerprint density at radius 3 is 2.48 bits per heavy atom. The summed E-state index contributed by atoms with van der Waals surface area (Å²) in [4.78, 5) is 2.65. The smallest absolute Gasteiger partial charge is 0.0320 e. The van der Waals surface area contributed by atoms with Gasteiger partial charge in [-0.05, 0) is 74.3 Å². The Bertz CT molecular complexity index is 605. The summed E-state index contributed by atoms with van der Waals surface area (Å²) in [7, 11) is 0. The predicted octanol–water partition coefficient (Wildman–Crippen LogP) is 4.64. The van der Waals surface area contributed by atoms with E-state index in [1.54, 1.807) is 0 Å². The highest BCUT2D eigenvalue weighted by molar-refractivity contribution is 5.85. The standard InChI is InChI=1S/C20H28N2.ClH/c1-3-21-15-17-10-12-22(13-11-17)16(2)19-9-8-18-6-4-5-7-20(18)14-19;/h4-9,14,16-17,21H,3,10-13,15H2,1-2H3;1H. The SMILES string of the molecule is CCNCC1CCN(C(C)c2ccc3ccccc3c2)CC1.Cl. The molecule has 23 heavy (non-hydrogen) atoms. The molecule has 1 fully saturated rings. The van der Waals surface area contributed by atoms with Crippen LogP contribution in [0.25, 0.3) is 10.8 Å². The first-order valence-electron chi connectivity index (χ1n) is 8.71. The van der Waals surface area contributed by atoms with Crippen molar-refractivity contribution >= 4 is 23.2 Å². The van der Waals surface area contributed by atoms with E-state index in [1.165, 1.54) is 48.8 Å². The average Bonchev–Trinajstić information content (AvgIpc) is 2.59. The van der Waals surface area contributed by atoms with Gasteiger partial charge in [0, 0.05) is 6.04 Å². The van der Waals surface area contributed by atoms with Gasteiger partial charge < -0.3 is 5.32 Å². The molecule has 1 atom stereocenters. The third-order valence-electron chi connectivity index (χ3n) is 5.14. The molecule has 0 aromatic heterocycles. The lowest BCUT2D eigenvalue weighted by Crippen LogP contribution is -2.38. The van der Waals surface area contributed by atoms with Crippen LogP contribution < -0.4 is 5.32 Å². The number of likely N-dealkylation sites (tertiary alicyclic amines) is 1. The second-order valence-corrected chi connectivity index (χ2v) is 6.57. The van der Waals surface area contributed by atoms with Crippen LogP contribution in [0.1, 0.15) is 38.3 Å². The monoisotopic (exact) mass is 332 g/mol. The number of benzene rings is 2. The molecule has 1 aliphatic rings. The van der Waals surface area contributed by atoms with Crippen molar-refractivity contribution in [1.29, 1.82) is 0 Å². The number of halogens is 1. The first kappa shape index (κ1) is 18.3. The third kappa shape index (κ3) is 4.47. The lowest BCUT2D eigenvalue weighted by Gasteiger charge is -2.36. The first-order chi connectivity index (χ1) is 10.8. The van der Waals surface area contributed by atoms with Crippen LogP contribution in [0.2, 0.25) is 0 Å². The predicted molar refractivity (Wildman–Crippen MR) is 102 cm³/mol. The summed E-state index contributed by atoms with van der Waals surface area (Å²) in [5, 5.41) is 6.19. The second kappa shape index (κ2) is 8.68. The summed E-state index contributed by atoms with van der Waals surface area (Å²) < 4.78 is 0. The van der Waals surface area contributed by atoms with Gasteiger partial charge >= 0.3 is 0 Å². The van der Waals surface area contributed by atoms with Crippen LogP contribution in [0.15, 0.2) is 42.5 Å². The Labute approximate surface area is 146 Å². The van der Waals surface area contributed by atoms with Gasteiger partial charge in [0.05, 0.1) is 0 Å². The lowest BCUT2D eigenvalue weighted by atomic mass is 9.94. The Hall–Kier alpha value is -1.09. The highest BCUT2D eigenvalue weighted by Gasteiger charge is 2.23. The molecule has 0 radical (unpaired) electrons. The number of fused-ring (bicyclic) bond motifs is 1. The van der Waals surface area contributed by atoms with Crippen LogP contribution in [0.5, 0.6) is 0 Å². The van der Waals surface area contributed by atoms with E-state index in [1.807, 2.05) is 0 Å². The molecule has 2 aromatic carbocycles. The fourth-order valence-electron chi connectivity index (χ4n) is 3.57. The molecular weight excluding hydrogens is 304 g/mol. The fraction of sp³-hybridized carbons (Fsp3) is 0.500. The number of piperidine rings is 1. The molecule has 0 amide bonds. The molecule has 0 bridgehead atoms. The zero-order valence-electron chi connectivity index (χ0n) is 14.3. The Morgan fingerprint density at radius 2 is 1.78 bits per heavy atom. The minimum absolute atomic E-state index is 0. The number of nitrogens with zero attached hydrogens (tertiary/aromatic N) is 1. The molecule has 3 rings (SSSR count). The molecule has 1 N–H and O–H groups in total. The van der Waals surface area contributed by atoms with Crippen molar-refractivity contribution in [3.8, 4) is 0 Å². The van der Waals surface area contributed by atoms with Crippen LogP contribution in [-0.4, -0.2) is 31.1 Å². The topological polar surface area (TPSA) is 15.3 Å². The van der Waals surface area contributed by atoms with E-state index in [9.17, 15) is 0 Å². The normalized spacial score (nSPS) is 17.8. The number of hydrogen-bond donors (Lipinski definition) is 1. The summed E-state index contributed by atoms with van der Waals surface area (Å²) in [6.07, 6.45) is 2.65. The Balaban J connectivity index is 0.00000192. The van der Waals surface area contributed by atoms with Gasteiger partial charge in [-0.15, -0.1) is 12.4 Å². The highest BCUT2D eigenvalue weighted by atomic mass is 35.5. The summed E-state index contributed by atoms with van der Waals surface area (Å²) >= 11 is 0. The van der Waals surface area contributed by atoms with Gasteiger partial charge in [0.2, 0.25) is 0 Å². The maximum absolute atomic E-state index is 3.50. The van der Waals surface area contributed by atoms with Gasteiger partial charge in [-0.2, -0.15) is 0 Å². The van der Waals surface area contributed by atoms with Crippen molar-refractivity contribution < 1.29 is 0 Å². The van der Waals surface area contributed by atoms with Crippen molar-refractivity contribution in [1.82, 2.24) is 10.2 Å². The van der Waals surface area contributed by atoms with E-state index in [2.05, 4.69) is 66.5 Å². The maximum atomic E-state index is 3.50. The van der Waals surface area contributed by atoms with Gasteiger partial charge in [-0.1, -0.05) is 43.3 Å². The van der Waals surface area contributed by atoms with Gasteiger partial charge in [0.25, 0.3) is 0 Å². The summed E-state index contributed by atoms with van der Waals surface area (Å²) in [6.45, 7) is 9.28. The van der Waals surface area contributed by atoms with E-state index < -0.39 is 0 Å². The minimum atomic E-state index is 0. The molecule has 1 heterocycles. The molecular formula is C20H29ClN2. The largest absolute Gasteiger partial charge is 0.317 e. The van der Waals surface area contributed by atoms with Gasteiger partial charge in [0.15, 0.2) is 0 Å². The number of hydrogen-bond acceptors (Lipinski definition) is 2. The van der Waals surface area contributed by atoms with Gasteiger partial charge in [0.1, 0.15) is 0 Å². The van der Waals surface area contributed by atoms with E-state index in [0.717, 1.165) is 12.5 Å². The van der Waals surface area contributed by atoms with E-state index in [0.29, 0.717) is 6.04 Å². The maximum Gasteiger partial charge on any atom is 0.0320 e. The molecule has 3 heteroatoms. The lowest BCUT2D eigenvalue weighted by molar-refractivity contribution is 0.140. The Morgan fingerprint density at radius 1 is 1.09 bits per heavy atom. The zero-order valence-corrected chi connectivity index (χ0v) is 15.1. The van der Waals surface area contributed by atoms with Crippen LogP contribution in [0.4, 0.5) is 0 Å².